The number of hydrogen-bond acceptors (Lipinski definition) is 5. The minimum absolute atomic E-state index is 0.727. The van der Waals surface area contributed by atoms with Gasteiger partial charge in [0, 0.05) is 50.9 Å². The summed E-state index contributed by atoms with van der Waals surface area (Å²) < 4.78 is 0. The molecule has 0 saturated carbocycles. The molecule has 0 atom stereocenters. The van der Waals surface area contributed by atoms with Crippen LogP contribution in [0.15, 0.2) is 36.4 Å². The molecule has 3 rings (SSSR count). The van der Waals surface area contributed by atoms with Gasteiger partial charge in [-0.1, -0.05) is 30.3 Å². The Morgan fingerprint density at radius 3 is 2.45 bits per heavy atom. The number of benzene rings is 1. The van der Waals surface area contributed by atoms with E-state index in [9.17, 15) is 0 Å². The molecule has 0 spiro atoms. The van der Waals surface area contributed by atoms with Crippen LogP contribution >= 0.6 is 0 Å². The van der Waals surface area contributed by atoms with E-state index in [4.69, 9.17) is 5.73 Å². The highest BCUT2D eigenvalue weighted by molar-refractivity contribution is 5.62. The second kappa shape index (κ2) is 6.85. The Morgan fingerprint density at radius 2 is 1.77 bits per heavy atom. The van der Waals surface area contributed by atoms with E-state index in [2.05, 4.69) is 38.0 Å². The predicted molar refractivity (Wildman–Crippen MR) is 89.9 cm³/mol. The summed E-state index contributed by atoms with van der Waals surface area (Å²) in [4.78, 5) is 14.0. The van der Waals surface area contributed by atoms with Crippen LogP contribution in [0.25, 0.3) is 11.3 Å². The Bertz CT molecular complexity index is 606. The SMILES string of the molecule is Cc1nc(-c2ccccc2)cc(N2CCN(CCN)CC2)n1. The molecule has 1 aliphatic heterocycles. The summed E-state index contributed by atoms with van der Waals surface area (Å²) in [5.74, 6) is 1.85. The fourth-order valence-electron chi connectivity index (χ4n) is 2.85. The maximum absolute atomic E-state index is 5.63. The van der Waals surface area contributed by atoms with Crippen LogP contribution in [-0.4, -0.2) is 54.1 Å². The number of nitrogens with two attached hydrogens (primary N) is 1. The third-order valence-corrected chi connectivity index (χ3v) is 4.04. The van der Waals surface area contributed by atoms with Gasteiger partial charge in [0.2, 0.25) is 0 Å². The average Bonchev–Trinajstić information content (AvgIpc) is 2.56. The van der Waals surface area contributed by atoms with Crippen molar-refractivity contribution in [2.24, 2.45) is 5.73 Å². The van der Waals surface area contributed by atoms with E-state index in [0.29, 0.717) is 0 Å². The Morgan fingerprint density at radius 1 is 1.05 bits per heavy atom. The molecule has 1 saturated heterocycles. The molecular formula is C17H23N5. The minimum atomic E-state index is 0.727. The third-order valence-electron chi connectivity index (χ3n) is 4.04. The molecule has 0 aliphatic carbocycles. The first-order valence-electron chi connectivity index (χ1n) is 7.85. The molecule has 5 nitrogen and oxygen atoms in total. The second-order valence-electron chi connectivity index (χ2n) is 5.64. The van der Waals surface area contributed by atoms with Crippen molar-refractivity contribution in [2.75, 3.05) is 44.2 Å². The molecule has 1 aromatic heterocycles. The van der Waals surface area contributed by atoms with Crippen molar-refractivity contribution >= 4 is 5.82 Å². The topological polar surface area (TPSA) is 58.3 Å². The van der Waals surface area contributed by atoms with Gasteiger partial charge >= 0.3 is 0 Å². The number of rotatable bonds is 4. The summed E-state index contributed by atoms with van der Waals surface area (Å²) in [6, 6.07) is 12.4. The number of anilines is 1. The summed E-state index contributed by atoms with van der Waals surface area (Å²) in [7, 11) is 0. The van der Waals surface area contributed by atoms with Crippen molar-refractivity contribution in [2.45, 2.75) is 6.92 Å². The predicted octanol–water partition coefficient (Wildman–Crippen LogP) is 1.53. The van der Waals surface area contributed by atoms with Gasteiger partial charge < -0.3 is 10.6 Å². The van der Waals surface area contributed by atoms with Crippen LogP contribution in [-0.2, 0) is 0 Å². The van der Waals surface area contributed by atoms with Crippen LogP contribution in [0.3, 0.4) is 0 Å². The van der Waals surface area contributed by atoms with Gasteiger partial charge in [-0.25, -0.2) is 9.97 Å². The number of piperazine rings is 1. The number of aryl methyl sites for hydroxylation is 1. The fourth-order valence-corrected chi connectivity index (χ4v) is 2.85. The van der Waals surface area contributed by atoms with Gasteiger partial charge in [-0.2, -0.15) is 0 Å². The van der Waals surface area contributed by atoms with Gasteiger partial charge in [0.05, 0.1) is 5.69 Å². The van der Waals surface area contributed by atoms with E-state index in [1.165, 1.54) is 0 Å². The lowest BCUT2D eigenvalue weighted by molar-refractivity contribution is 0.264. The maximum Gasteiger partial charge on any atom is 0.132 e. The van der Waals surface area contributed by atoms with Crippen LogP contribution in [0, 0.1) is 6.92 Å². The number of nitrogens with zero attached hydrogens (tertiary/aromatic N) is 4. The molecule has 2 heterocycles. The van der Waals surface area contributed by atoms with Crippen LogP contribution in [0.2, 0.25) is 0 Å². The summed E-state index contributed by atoms with van der Waals surface area (Å²) in [6.45, 7) is 7.73. The smallest absolute Gasteiger partial charge is 0.132 e. The molecule has 2 aromatic rings. The number of aromatic nitrogens is 2. The van der Waals surface area contributed by atoms with Crippen molar-refractivity contribution in [3.63, 3.8) is 0 Å². The van der Waals surface area contributed by atoms with Gasteiger partial charge in [-0.05, 0) is 6.92 Å². The Balaban J connectivity index is 1.79. The highest BCUT2D eigenvalue weighted by atomic mass is 15.3. The largest absolute Gasteiger partial charge is 0.354 e. The highest BCUT2D eigenvalue weighted by Gasteiger charge is 2.18. The second-order valence-corrected chi connectivity index (χ2v) is 5.64. The van der Waals surface area contributed by atoms with Gasteiger partial charge in [0.25, 0.3) is 0 Å². The molecule has 0 unspecified atom stereocenters. The lowest BCUT2D eigenvalue weighted by Gasteiger charge is -2.35. The van der Waals surface area contributed by atoms with Crippen molar-refractivity contribution in [3.8, 4) is 11.3 Å². The first-order valence-corrected chi connectivity index (χ1v) is 7.85. The molecule has 0 bridgehead atoms. The van der Waals surface area contributed by atoms with Gasteiger partial charge in [0.15, 0.2) is 0 Å². The molecule has 2 N–H and O–H groups in total. The van der Waals surface area contributed by atoms with Crippen LogP contribution in [0.5, 0.6) is 0 Å². The van der Waals surface area contributed by atoms with Crippen molar-refractivity contribution in [1.82, 2.24) is 14.9 Å². The highest BCUT2D eigenvalue weighted by Crippen LogP contribution is 2.22. The molecule has 0 amide bonds. The minimum Gasteiger partial charge on any atom is -0.354 e. The van der Waals surface area contributed by atoms with E-state index in [-0.39, 0.29) is 0 Å². The average molecular weight is 297 g/mol. The van der Waals surface area contributed by atoms with E-state index >= 15 is 0 Å². The number of hydrogen-bond donors (Lipinski definition) is 1. The lowest BCUT2D eigenvalue weighted by Crippen LogP contribution is -2.48. The Labute approximate surface area is 131 Å². The summed E-state index contributed by atoms with van der Waals surface area (Å²) in [5, 5.41) is 0. The first-order chi connectivity index (χ1) is 10.8. The zero-order valence-corrected chi connectivity index (χ0v) is 13.1. The summed E-state index contributed by atoms with van der Waals surface area (Å²) in [6.07, 6.45) is 0. The zero-order chi connectivity index (χ0) is 15.4. The zero-order valence-electron chi connectivity index (χ0n) is 13.1. The molecular weight excluding hydrogens is 274 g/mol. The molecule has 1 aliphatic rings. The molecule has 116 valence electrons. The normalized spacial score (nSPS) is 16.0. The summed E-state index contributed by atoms with van der Waals surface area (Å²) >= 11 is 0. The Kier molecular flexibility index (Phi) is 4.65. The molecule has 1 aromatic carbocycles. The fraction of sp³-hybridized carbons (Fsp3) is 0.412. The standard InChI is InChI=1S/C17H23N5/c1-14-19-16(15-5-3-2-4-6-15)13-17(20-14)22-11-9-21(8-7-18)10-12-22/h2-6,13H,7-12,18H2,1H3. The quantitative estimate of drug-likeness (QED) is 0.927. The van der Waals surface area contributed by atoms with Gasteiger partial charge in [-0.3, -0.25) is 4.90 Å². The van der Waals surface area contributed by atoms with Crippen molar-refractivity contribution < 1.29 is 0 Å². The summed E-state index contributed by atoms with van der Waals surface area (Å²) in [5.41, 5.74) is 7.76. The van der Waals surface area contributed by atoms with Crippen LogP contribution in [0.1, 0.15) is 5.82 Å². The van der Waals surface area contributed by atoms with E-state index < -0.39 is 0 Å². The first kappa shape index (κ1) is 14.9. The molecule has 1 fully saturated rings. The van der Waals surface area contributed by atoms with E-state index in [0.717, 1.165) is 62.2 Å². The van der Waals surface area contributed by atoms with Gasteiger partial charge in [0.1, 0.15) is 11.6 Å². The maximum atomic E-state index is 5.63. The van der Waals surface area contributed by atoms with E-state index in [1.54, 1.807) is 0 Å². The molecule has 22 heavy (non-hydrogen) atoms. The van der Waals surface area contributed by atoms with Crippen molar-refractivity contribution in [3.05, 3.63) is 42.2 Å². The van der Waals surface area contributed by atoms with Crippen LogP contribution < -0.4 is 10.6 Å². The molecule has 0 radical (unpaired) electrons. The molecule has 5 heteroatoms. The Hall–Kier alpha value is -1.98. The van der Waals surface area contributed by atoms with Crippen molar-refractivity contribution in [1.29, 1.82) is 0 Å². The monoisotopic (exact) mass is 297 g/mol. The van der Waals surface area contributed by atoms with Crippen LogP contribution in [0.4, 0.5) is 5.82 Å². The van der Waals surface area contributed by atoms with Gasteiger partial charge in [-0.15, -0.1) is 0 Å². The third kappa shape index (κ3) is 3.43. The van der Waals surface area contributed by atoms with E-state index in [1.807, 2.05) is 25.1 Å². The lowest BCUT2D eigenvalue weighted by atomic mass is 10.1.